The molecule has 3 aromatic carbocycles. The van der Waals surface area contributed by atoms with Crippen LogP contribution in [0.3, 0.4) is 0 Å². The van der Waals surface area contributed by atoms with Gasteiger partial charge in [-0.3, -0.25) is 9.59 Å². The van der Waals surface area contributed by atoms with E-state index in [4.69, 9.17) is 11.6 Å². The number of hydrogen-bond donors (Lipinski definition) is 1. The fourth-order valence-corrected chi connectivity index (χ4v) is 4.78. The molecule has 0 aromatic heterocycles. The van der Waals surface area contributed by atoms with Gasteiger partial charge in [0.15, 0.2) is 0 Å². The van der Waals surface area contributed by atoms with Gasteiger partial charge in [0.1, 0.15) is 6.04 Å². The summed E-state index contributed by atoms with van der Waals surface area (Å²) in [6.07, 6.45) is 1.58. The molecule has 0 bridgehead atoms. The Hall–Kier alpha value is -2.76. The van der Waals surface area contributed by atoms with Gasteiger partial charge >= 0.3 is 0 Å². The highest BCUT2D eigenvalue weighted by molar-refractivity contribution is 7.99. The van der Waals surface area contributed by atoms with Gasteiger partial charge in [0.05, 0.1) is 0 Å². The van der Waals surface area contributed by atoms with Gasteiger partial charge < -0.3 is 10.2 Å². The van der Waals surface area contributed by atoms with Crippen LogP contribution in [-0.2, 0) is 22.6 Å². The first-order valence-corrected chi connectivity index (χ1v) is 13.3. The Balaban J connectivity index is 1.75. The van der Waals surface area contributed by atoms with Crippen LogP contribution in [0.1, 0.15) is 37.8 Å². The minimum absolute atomic E-state index is 0.00889. The number of nitrogens with one attached hydrogen (secondary N) is 1. The molecule has 0 fully saturated rings. The van der Waals surface area contributed by atoms with Crippen LogP contribution >= 0.6 is 23.4 Å². The lowest BCUT2D eigenvalue weighted by Gasteiger charge is -2.32. The first-order chi connectivity index (χ1) is 16.9. The monoisotopic (exact) mass is 508 g/mol. The molecule has 0 aliphatic heterocycles. The molecule has 6 heteroatoms. The van der Waals surface area contributed by atoms with E-state index in [1.54, 1.807) is 16.7 Å². The van der Waals surface area contributed by atoms with E-state index in [-0.39, 0.29) is 17.9 Å². The highest BCUT2D eigenvalue weighted by Crippen LogP contribution is 2.22. The Bertz CT molecular complexity index is 1060. The molecule has 35 heavy (non-hydrogen) atoms. The van der Waals surface area contributed by atoms with E-state index in [0.717, 1.165) is 28.2 Å². The van der Waals surface area contributed by atoms with Crippen LogP contribution < -0.4 is 5.32 Å². The van der Waals surface area contributed by atoms with Crippen molar-refractivity contribution in [2.24, 2.45) is 0 Å². The Morgan fingerprint density at radius 1 is 0.886 bits per heavy atom. The Morgan fingerprint density at radius 3 is 2.09 bits per heavy atom. The molecule has 0 spiro atoms. The van der Waals surface area contributed by atoms with Crippen molar-refractivity contribution in [3.63, 3.8) is 0 Å². The summed E-state index contributed by atoms with van der Waals surface area (Å²) in [4.78, 5) is 29.7. The molecule has 0 unspecified atom stereocenters. The van der Waals surface area contributed by atoms with E-state index in [9.17, 15) is 9.59 Å². The van der Waals surface area contributed by atoms with Gasteiger partial charge in [-0.1, -0.05) is 72.3 Å². The summed E-state index contributed by atoms with van der Waals surface area (Å²) in [6, 6.07) is 26.9. The van der Waals surface area contributed by atoms with Crippen molar-refractivity contribution < 1.29 is 9.59 Å². The zero-order valence-electron chi connectivity index (χ0n) is 20.3. The number of rotatable bonds is 12. The molecule has 1 atom stereocenters. The van der Waals surface area contributed by atoms with Crippen molar-refractivity contribution in [2.75, 3.05) is 5.75 Å². The van der Waals surface area contributed by atoms with Crippen LogP contribution in [-0.4, -0.2) is 34.6 Å². The third kappa shape index (κ3) is 9.08. The molecular weight excluding hydrogens is 476 g/mol. The van der Waals surface area contributed by atoms with Crippen molar-refractivity contribution in [1.82, 2.24) is 10.2 Å². The molecule has 0 heterocycles. The van der Waals surface area contributed by atoms with Gasteiger partial charge in [-0.2, -0.15) is 0 Å². The molecule has 184 valence electrons. The number of carbonyl (C=O) groups excluding carboxylic acids is 2. The number of thioether (sulfide) groups is 1. The molecule has 3 rings (SSSR count). The largest absolute Gasteiger partial charge is 0.352 e. The van der Waals surface area contributed by atoms with Gasteiger partial charge in [-0.05, 0) is 61.4 Å². The molecular formula is C29H33ClN2O2S. The summed E-state index contributed by atoms with van der Waals surface area (Å²) in [5, 5.41) is 3.74. The van der Waals surface area contributed by atoms with Crippen molar-refractivity contribution in [3.8, 4) is 0 Å². The highest BCUT2D eigenvalue weighted by atomic mass is 35.5. The lowest BCUT2D eigenvalue weighted by Crippen LogP contribution is -2.51. The molecule has 0 radical (unpaired) electrons. The normalized spacial score (nSPS) is 11.8. The molecule has 3 aromatic rings. The lowest BCUT2D eigenvalue weighted by molar-refractivity contribution is -0.141. The average molecular weight is 509 g/mol. The Kier molecular flexibility index (Phi) is 10.7. The van der Waals surface area contributed by atoms with E-state index < -0.39 is 6.04 Å². The van der Waals surface area contributed by atoms with Gasteiger partial charge in [0.2, 0.25) is 11.8 Å². The maximum atomic E-state index is 13.5. The number of carbonyl (C=O) groups is 2. The maximum absolute atomic E-state index is 13.5. The average Bonchev–Trinajstić information content (AvgIpc) is 2.85. The van der Waals surface area contributed by atoms with Crippen molar-refractivity contribution in [2.45, 2.75) is 56.6 Å². The second-order valence-corrected chi connectivity index (χ2v) is 10.4. The van der Waals surface area contributed by atoms with E-state index in [2.05, 4.69) is 5.32 Å². The third-order valence-corrected chi connectivity index (χ3v) is 6.87. The quantitative estimate of drug-likeness (QED) is 0.228. The van der Waals surface area contributed by atoms with Gasteiger partial charge in [-0.25, -0.2) is 0 Å². The number of amides is 2. The minimum Gasteiger partial charge on any atom is -0.352 e. The molecule has 4 nitrogen and oxygen atoms in total. The number of benzene rings is 3. The minimum atomic E-state index is -0.587. The molecule has 0 aliphatic rings. The number of halogens is 1. The van der Waals surface area contributed by atoms with Crippen LogP contribution in [0.25, 0.3) is 0 Å². The Labute approximate surface area is 218 Å². The lowest BCUT2D eigenvalue weighted by atomic mass is 10.0. The summed E-state index contributed by atoms with van der Waals surface area (Å²) in [5.74, 6) is 0.683. The summed E-state index contributed by atoms with van der Waals surface area (Å²) < 4.78 is 0. The topological polar surface area (TPSA) is 49.4 Å². The van der Waals surface area contributed by atoms with Gasteiger partial charge in [-0.15, -0.1) is 11.8 Å². The fraction of sp³-hybridized carbons (Fsp3) is 0.310. The first-order valence-electron chi connectivity index (χ1n) is 12.0. The number of hydrogen-bond acceptors (Lipinski definition) is 3. The first kappa shape index (κ1) is 26.8. The summed E-state index contributed by atoms with van der Waals surface area (Å²) in [6.45, 7) is 4.27. The smallest absolute Gasteiger partial charge is 0.243 e. The van der Waals surface area contributed by atoms with Crippen LogP contribution in [0.4, 0.5) is 0 Å². The van der Waals surface area contributed by atoms with Crippen LogP contribution in [0.5, 0.6) is 0 Å². The SMILES string of the molecule is CC(C)NC(=O)[C@@H](Cc1ccccc1)N(Cc1ccccc1)C(=O)CCCSc1ccc(Cl)cc1. The van der Waals surface area contributed by atoms with Crippen LogP contribution in [0, 0.1) is 0 Å². The second-order valence-electron chi connectivity index (χ2n) is 8.78. The summed E-state index contributed by atoms with van der Waals surface area (Å²) >= 11 is 7.67. The highest BCUT2D eigenvalue weighted by Gasteiger charge is 2.30. The predicted octanol–water partition coefficient (Wildman–Crippen LogP) is 6.38. The van der Waals surface area contributed by atoms with Crippen LogP contribution in [0.2, 0.25) is 5.02 Å². The predicted molar refractivity (Wildman–Crippen MR) is 146 cm³/mol. The molecule has 0 aliphatic carbocycles. The van der Waals surface area contributed by atoms with Crippen molar-refractivity contribution >= 4 is 35.2 Å². The summed E-state index contributed by atoms with van der Waals surface area (Å²) in [5.41, 5.74) is 2.03. The van der Waals surface area contributed by atoms with E-state index in [0.29, 0.717) is 24.4 Å². The molecule has 2 amide bonds. The van der Waals surface area contributed by atoms with Gasteiger partial charge in [0, 0.05) is 35.3 Å². The maximum Gasteiger partial charge on any atom is 0.243 e. The van der Waals surface area contributed by atoms with Crippen molar-refractivity contribution in [1.29, 1.82) is 0 Å². The zero-order chi connectivity index (χ0) is 25.0. The van der Waals surface area contributed by atoms with E-state index in [1.807, 2.05) is 98.8 Å². The molecule has 0 saturated carbocycles. The Morgan fingerprint density at radius 2 is 1.49 bits per heavy atom. The van der Waals surface area contributed by atoms with Gasteiger partial charge in [0.25, 0.3) is 0 Å². The van der Waals surface area contributed by atoms with Crippen molar-refractivity contribution in [3.05, 3.63) is 101 Å². The fourth-order valence-electron chi connectivity index (χ4n) is 3.80. The standard InChI is InChI=1S/C29H33ClN2O2S/c1-22(2)31-29(34)27(20-23-10-5-3-6-11-23)32(21-24-12-7-4-8-13-24)28(33)14-9-19-35-26-17-15-25(30)16-18-26/h3-8,10-13,15-18,22,27H,9,14,19-21H2,1-2H3,(H,31,34)/t27-/m1/s1. The zero-order valence-corrected chi connectivity index (χ0v) is 21.9. The third-order valence-electron chi connectivity index (χ3n) is 5.52. The summed E-state index contributed by atoms with van der Waals surface area (Å²) in [7, 11) is 0. The van der Waals surface area contributed by atoms with E-state index >= 15 is 0 Å². The molecule has 1 N–H and O–H groups in total. The van der Waals surface area contributed by atoms with E-state index in [1.165, 1.54) is 0 Å². The van der Waals surface area contributed by atoms with Crippen LogP contribution in [0.15, 0.2) is 89.8 Å². The number of nitrogens with zero attached hydrogens (tertiary/aromatic N) is 1. The second kappa shape index (κ2) is 14.0. The molecule has 0 saturated heterocycles.